The molecule has 0 bridgehead atoms. The first-order valence-electron chi connectivity index (χ1n) is 6.56. The first-order valence-corrected chi connectivity index (χ1v) is 7.38. The molecule has 2 aliphatic rings. The summed E-state index contributed by atoms with van der Waals surface area (Å²) in [6.07, 6.45) is 2.13. The van der Waals surface area contributed by atoms with Crippen LogP contribution < -0.4 is 4.74 Å². The number of nitrogens with zero attached hydrogens (tertiary/aromatic N) is 3. The van der Waals surface area contributed by atoms with E-state index >= 15 is 0 Å². The second-order valence-corrected chi connectivity index (χ2v) is 6.38. The lowest BCUT2D eigenvalue weighted by atomic mass is 10.0. The van der Waals surface area contributed by atoms with Gasteiger partial charge in [0.1, 0.15) is 17.4 Å². The van der Waals surface area contributed by atoms with Gasteiger partial charge in [-0.1, -0.05) is 18.2 Å². The zero-order valence-corrected chi connectivity index (χ0v) is 12.6. The lowest BCUT2D eigenvalue weighted by molar-refractivity contribution is 0.376. The largest absolute Gasteiger partial charge is 0.487 e. The third kappa shape index (κ3) is 2.72. The van der Waals surface area contributed by atoms with Crippen molar-refractivity contribution >= 4 is 22.0 Å². The average molecular weight is 287 g/mol. The minimum atomic E-state index is -0.159. The van der Waals surface area contributed by atoms with Crippen LogP contribution in [0.25, 0.3) is 0 Å². The number of hydrazone groups is 1. The van der Waals surface area contributed by atoms with E-state index in [0.717, 1.165) is 21.7 Å². The van der Waals surface area contributed by atoms with Gasteiger partial charge in [0.05, 0.1) is 5.54 Å². The second kappa shape index (κ2) is 4.98. The zero-order valence-electron chi connectivity index (χ0n) is 11.8. The normalized spacial score (nSPS) is 19.9. The van der Waals surface area contributed by atoms with Crippen LogP contribution in [-0.4, -0.2) is 27.4 Å². The van der Waals surface area contributed by atoms with Gasteiger partial charge in [-0.3, -0.25) is 0 Å². The van der Waals surface area contributed by atoms with Crippen LogP contribution in [0.3, 0.4) is 0 Å². The van der Waals surface area contributed by atoms with Crippen molar-refractivity contribution in [2.75, 3.05) is 6.61 Å². The van der Waals surface area contributed by atoms with Gasteiger partial charge in [-0.15, -0.1) is 0 Å². The van der Waals surface area contributed by atoms with Crippen LogP contribution in [0.5, 0.6) is 5.75 Å². The summed E-state index contributed by atoms with van der Waals surface area (Å²) >= 11 is 1.58. The highest BCUT2D eigenvalue weighted by atomic mass is 32.2. The van der Waals surface area contributed by atoms with Crippen molar-refractivity contribution in [1.29, 1.82) is 0 Å². The predicted molar refractivity (Wildman–Crippen MR) is 84.1 cm³/mol. The van der Waals surface area contributed by atoms with Gasteiger partial charge in [-0.2, -0.15) is 5.10 Å². The van der Waals surface area contributed by atoms with Gasteiger partial charge in [0.25, 0.3) is 0 Å². The Labute approximate surface area is 123 Å². The molecule has 1 aromatic carbocycles. The Morgan fingerprint density at radius 2 is 2.00 bits per heavy atom. The number of hydrogen-bond acceptors (Lipinski definition) is 5. The number of hydrogen-bond donors (Lipinski definition) is 0. The van der Waals surface area contributed by atoms with Crippen molar-refractivity contribution in [2.24, 2.45) is 10.1 Å². The number of thioether (sulfide) groups is 1. The molecule has 0 amide bonds. The van der Waals surface area contributed by atoms with E-state index in [2.05, 4.69) is 31.9 Å². The molecule has 0 N–H and O–H groups in total. The summed E-state index contributed by atoms with van der Waals surface area (Å²) in [5.41, 5.74) is 0.955. The summed E-state index contributed by atoms with van der Waals surface area (Å²) in [4.78, 5) is 4.69. The molecule has 20 heavy (non-hydrogen) atoms. The summed E-state index contributed by atoms with van der Waals surface area (Å²) in [6, 6.07) is 9.78. The fraction of sp³-hybridized carbons (Fsp3) is 0.333. The van der Waals surface area contributed by atoms with E-state index in [1.165, 1.54) is 0 Å². The number of rotatable bonds is 3. The fourth-order valence-corrected chi connectivity index (χ4v) is 3.20. The number of aliphatic imine (C=N–C) groups is 1. The van der Waals surface area contributed by atoms with Crippen LogP contribution in [0.15, 0.2) is 52.2 Å². The monoisotopic (exact) mass is 287 g/mol. The predicted octanol–water partition coefficient (Wildman–Crippen LogP) is 3.48. The van der Waals surface area contributed by atoms with Gasteiger partial charge in [0.15, 0.2) is 5.17 Å². The molecule has 0 aromatic heterocycles. The van der Waals surface area contributed by atoms with Crippen molar-refractivity contribution in [3.63, 3.8) is 0 Å². The van der Waals surface area contributed by atoms with Crippen LogP contribution in [0.1, 0.15) is 20.8 Å². The van der Waals surface area contributed by atoms with E-state index in [-0.39, 0.29) is 5.54 Å². The van der Waals surface area contributed by atoms with Crippen molar-refractivity contribution in [2.45, 2.75) is 26.3 Å². The maximum absolute atomic E-state index is 5.73. The Bertz CT molecular complexity index is 605. The summed E-state index contributed by atoms with van der Waals surface area (Å²) in [5.74, 6) is 0.857. The molecule has 0 saturated carbocycles. The van der Waals surface area contributed by atoms with Crippen LogP contribution in [0.4, 0.5) is 0 Å². The zero-order chi connectivity index (χ0) is 14.2. The Morgan fingerprint density at radius 1 is 1.25 bits per heavy atom. The molecule has 0 atom stereocenters. The number of benzene rings is 1. The lowest BCUT2D eigenvalue weighted by Crippen LogP contribution is -2.29. The molecule has 0 unspecified atom stereocenters. The molecule has 3 rings (SSSR count). The SMILES string of the molecule is CC1=CC(C)(C)N=C2SC(COc3ccccc3)=NN12. The number of ether oxygens (including phenoxy) is 1. The van der Waals surface area contributed by atoms with Crippen LogP contribution >= 0.6 is 11.8 Å². The highest BCUT2D eigenvalue weighted by Crippen LogP contribution is 2.32. The molecular formula is C15H17N3OS. The van der Waals surface area contributed by atoms with Crippen molar-refractivity contribution in [1.82, 2.24) is 5.01 Å². The first kappa shape index (κ1) is 13.2. The lowest BCUT2D eigenvalue weighted by Gasteiger charge is -2.27. The minimum absolute atomic E-state index is 0.159. The van der Waals surface area contributed by atoms with E-state index in [0.29, 0.717) is 6.61 Å². The van der Waals surface area contributed by atoms with Gasteiger partial charge >= 0.3 is 0 Å². The Hall–Kier alpha value is -1.75. The molecule has 1 aromatic rings. The number of amidine groups is 1. The van der Waals surface area contributed by atoms with Crippen molar-refractivity contribution in [3.05, 3.63) is 42.1 Å². The van der Waals surface area contributed by atoms with Gasteiger partial charge in [0, 0.05) is 5.70 Å². The smallest absolute Gasteiger partial charge is 0.191 e. The van der Waals surface area contributed by atoms with Crippen LogP contribution in [-0.2, 0) is 0 Å². The highest BCUT2D eigenvalue weighted by Gasteiger charge is 2.31. The summed E-state index contributed by atoms with van der Waals surface area (Å²) in [7, 11) is 0. The van der Waals surface area contributed by atoms with Crippen molar-refractivity contribution < 1.29 is 4.74 Å². The quantitative estimate of drug-likeness (QED) is 0.854. The maximum atomic E-state index is 5.73. The van der Waals surface area contributed by atoms with Gasteiger partial charge < -0.3 is 4.74 Å². The molecule has 2 heterocycles. The topological polar surface area (TPSA) is 37.2 Å². The minimum Gasteiger partial charge on any atom is -0.487 e. The molecule has 0 spiro atoms. The molecule has 5 heteroatoms. The van der Waals surface area contributed by atoms with E-state index in [1.54, 1.807) is 11.8 Å². The Morgan fingerprint density at radius 3 is 2.75 bits per heavy atom. The third-order valence-electron chi connectivity index (χ3n) is 2.99. The molecule has 0 radical (unpaired) electrons. The van der Waals surface area contributed by atoms with Crippen LogP contribution in [0.2, 0.25) is 0 Å². The van der Waals surface area contributed by atoms with E-state index < -0.39 is 0 Å². The highest BCUT2D eigenvalue weighted by molar-refractivity contribution is 8.26. The van der Waals surface area contributed by atoms with E-state index in [9.17, 15) is 0 Å². The second-order valence-electron chi connectivity index (χ2n) is 5.34. The van der Waals surface area contributed by atoms with Crippen LogP contribution in [0, 0.1) is 0 Å². The number of allylic oxidation sites excluding steroid dienone is 1. The van der Waals surface area contributed by atoms with Gasteiger partial charge in [-0.25, -0.2) is 10.0 Å². The molecule has 0 aliphatic carbocycles. The van der Waals surface area contributed by atoms with Gasteiger partial charge in [0.2, 0.25) is 0 Å². The summed E-state index contributed by atoms with van der Waals surface area (Å²) < 4.78 is 5.73. The maximum Gasteiger partial charge on any atom is 0.191 e. The molecule has 0 fully saturated rings. The van der Waals surface area contributed by atoms with E-state index in [4.69, 9.17) is 9.73 Å². The number of fused-ring (bicyclic) bond motifs is 1. The van der Waals surface area contributed by atoms with Gasteiger partial charge in [-0.05, 0) is 50.7 Å². The fourth-order valence-electron chi connectivity index (χ4n) is 2.19. The first-order chi connectivity index (χ1) is 9.53. The Kier molecular flexibility index (Phi) is 3.30. The molecule has 2 aliphatic heterocycles. The van der Waals surface area contributed by atoms with E-state index in [1.807, 2.05) is 35.3 Å². The summed E-state index contributed by atoms with van der Waals surface area (Å²) in [6.45, 7) is 6.72. The summed E-state index contributed by atoms with van der Waals surface area (Å²) in [5, 5.41) is 8.31. The molecule has 0 saturated heterocycles. The number of para-hydroxylation sites is 1. The van der Waals surface area contributed by atoms with Crippen molar-refractivity contribution in [3.8, 4) is 5.75 Å². The molecular weight excluding hydrogens is 270 g/mol. The molecule has 4 nitrogen and oxygen atoms in total. The average Bonchev–Trinajstić information content (AvgIpc) is 2.79. The Balaban J connectivity index is 1.70. The standard InChI is InChI=1S/C15H17N3OS/c1-11-9-15(2,3)16-14-18(11)17-13(20-14)10-19-12-7-5-4-6-8-12/h4-9H,10H2,1-3H3. The molecule has 104 valence electrons. The third-order valence-corrected chi connectivity index (χ3v) is 3.87.